The molecule has 1 aliphatic carbocycles. The van der Waals surface area contributed by atoms with Crippen LogP contribution in [0.4, 0.5) is 0 Å². The van der Waals surface area contributed by atoms with E-state index in [1.54, 1.807) is 6.08 Å². The second-order valence-corrected chi connectivity index (χ2v) is 7.22. The number of fused-ring (bicyclic) bond motifs is 2. The molecule has 2 aromatic carbocycles. The maximum Gasteiger partial charge on any atom is 0.163 e. The van der Waals surface area contributed by atoms with Crippen molar-refractivity contribution in [3.05, 3.63) is 64.7 Å². The third-order valence-corrected chi connectivity index (χ3v) is 4.81. The molecule has 0 aromatic heterocycles. The molecule has 1 aliphatic rings. The largest absolute Gasteiger partial charge is 0.294 e. The first-order valence-corrected chi connectivity index (χ1v) is 8.25. The fraction of sp³-hybridized carbons (Fsp3) is 0.273. The zero-order valence-electron chi connectivity index (χ0n) is 14.6. The number of benzene rings is 2. The minimum Gasteiger partial charge on any atom is -0.294 e. The molecule has 0 heterocycles. The average molecular weight is 318 g/mol. The summed E-state index contributed by atoms with van der Waals surface area (Å²) < 4.78 is 0. The van der Waals surface area contributed by atoms with Gasteiger partial charge in [0.2, 0.25) is 0 Å². The van der Waals surface area contributed by atoms with Gasteiger partial charge < -0.3 is 0 Å². The van der Waals surface area contributed by atoms with Gasteiger partial charge in [0.25, 0.3) is 0 Å². The van der Waals surface area contributed by atoms with E-state index >= 15 is 0 Å². The first kappa shape index (κ1) is 16.4. The Bertz CT molecular complexity index is 836. The van der Waals surface area contributed by atoms with Crippen molar-refractivity contribution in [1.82, 2.24) is 0 Å². The van der Waals surface area contributed by atoms with Crippen LogP contribution in [0.1, 0.15) is 44.4 Å². The Morgan fingerprint density at radius 1 is 0.958 bits per heavy atom. The van der Waals surface area contributed by atoms with Gasteiger partial charge in [-0.2, -0.15) is 0 Å². The predicted molar refractivity (Wildman–Crippen MR) is 97.9 cm³/mol. The molecule has 3 rings (SSSR count). The normalized spacial score (nSPS) is 14.3. The van der Waals surface area contributed by atoms with Crippen molar-refractivity contribution < 1.29 is 9.59 Å². The number of hydrogen-bond acceptors (Lipinski definition) is 2. The lowest BCUT2D eigenvalue weighted by atomic mass is 9.87. The molecule has 0 radical (unpaired) electrons. The molecule has 0 saturated heterocycles. The van der Waals surface area contributed by atoms with Crippen molar-refractivity contribution in [1.29, 1.82) is 0 Å². The van der Waals surface area contributed by atoms with Gasteiger partial charge in [0, 0.05) is 0 Å². The van der Waals surface area contributed by atoms with Crippen LogP contribution >= 0.6 is 0 Å². The van der Waals surface area contributed by atoms with Crippen LogP contribution in [-0.2, 0) is 21.4 Å². The molecule has 0 N–H and O–H groups in total. The van der Waals surface area contributed by atoms with Gasteiger partial charge >= 0.3 is 0 Å². The van der Waals surface area contributed by atoms with E-state index in [4.69, 9.17) is 0 Å². The van der Waals surface area contributed by atoms with Crippen molar-refractivity contribution in [3.8, 4) is 11.1 Å². The van der Waals surface area contributed by atoms with Gasteiger partial charge in [-0.25, -0.2) is 0 Å². The maximum absolute atomic E-state index is 11.5. The predicted octanol–water partition coefficient (Wildman–Crippen LogP) is 4.75. The lowest BCUT2D eigenvalue weighted by Gasteiger charge is -2.17. The smallest absolute Gasteiger partial charge is 0.163 e. The average Bonchev–Trinajstić information content (AvgIpc) is 2.75. The van der Waals surface area contributed by atoms with E-state index < -0.39 is 0 Å². The van der Waals surface area contributed by atoms with E-state index in [1.165, 1.54) is 36.1 Å². The van der Waals surface area contributed by atoms with Crippen LogP contribution in [0.2, 0.25) is 0 Å². The third kappa shape index (κ3) is 2.96. The van der Waals surface area contributed by atoms with Crippen LogP contribution in [0.25, 0.3) is 17.2 Å². The lowest BCUT2D eigenvalue weighted by molar-refractivity contribution is -0.119. The van der Waals surface area contributed by atoms with Crippen LogP contribution in [0.15, 0.2) is 48.0 Å². The van der Waals surface area contributed by atoms with Crippen molar-refractivity contribution in [3.63, 3.8) is 0 Å². The molecule has 2 nitrogen and oxygen atoms in total. The highest BCUT2D eigenvalue weighted by molar-refractivity contribution is 6.21. The maximum atomic E-state index is 11.5. The van der Waals surface area contributed by atoms with E-state index in [0.29, 0.717) is 0 Å². The first-order chi connectivity index (χ1) is 11.3. The summed E-state index contributed by atoms with van der Waals surface area (Å²) in [5.74, 6) is -0.393. The molecular formula is C22H22O2. The van der Waals surface area contributed by atoms with Gasteiger partial charge in [-0.3, -0.25) is 9.59 Å². The number of ketones is 2. The van der Waals surface area contributed by atoms with E-state index in [9.17, 15) is 9.59 Å². The molecule has 0 saturated carbocycles. The molecule has 2 heteroatoms. The number of carbonyl (C=O) groups excluding carboxylic acids is 2. The second-order valence-electron chi connectivity index (χ2n) is 7.22. The number of carbonyl (C=O) groups is 2. The molecule has 122 valence electrons. The Morgan fingerprint density at radius 3 is 2.17 bits per heavy atom. The summed E-state index contributed by atoms with van der Waals surface area (Å²) in [6.07, 6.45) is 2.73. The van der Waals surface area contributed by atoms with Gasteiger partial charge in [-0.1, -0.05) is 56.3 Å². The molecule has 0 fully saturated rings. The third-order valence-electron chi connectivity index (χ3n) is 4.81. The Labute approximate surface area is 143 Å². The zero-order chi connectivity index (χ0) is 17.5. The van der Waals surface area contributed by atoms with E-state index in [2.05, 4.69) is 44.2 Å². The van der Waals surface area contributed by atoms with E-state index in [0.717, 1.165) is 12.0 Å². The minimum absolute atomic E-state index is 0.197. The van der Waals surface area contributed by atoms with Crippen LogP contribution in [0.3, 0.4) is 0 Å². The van der Waals surface area contributed by atoms with Crippen LogP contribution in [0, 0.1) is 0 Å². The van der Waals surface area contributed by atoms with Crippen LogP contribution < -0.4 is 0 Å². The van der Waals surface area contributed by atoms with Gasteiger partial charge in [-0.15, -0.1) is 0 Å². The highest BCUT2D eigenvalue weighted by atomic mass is 16.1. The Hall–Kier alpha value is -2.48. The number of Topliss-reactive ketones (excluding diaryl/α,β-unsaturated/α-hetero) is 2. The van der Waals surface area contributed by atoms with Crippen molar-refractivity contribution in [2.75, 3.05) is 0 Å². The summed E-state index contributed by atoms with van der Waals surface area (Å²) in [5.41, 5.74) is 6.54. The quantitative estimate of drug-likeness (QED) is 0.463. The van der Waals surface area contributed by atoms with Crippen LogP contribution in [-0.4, -0.2) is 11.6 Å². The lowest BCUT2D eigenvalue weighted by Crippen LogP contribution is -2.13. The first-order valence-electron chi connectivity index (χ1n) is 8.25. The molecule has 2 aromatic rings. The highest BCUT2D eigenvalue weighted by Gasteiger charge is 2.29. The Morgan fingerprint density at radius 2 is 1.58 bits per heavy atom. The molecule has 24 heavy (non-hydrogen) atoms. The standard InChI is InChI=1S/C22H22O2/c1-14(23)21(15(2)24)11-16-5-7-17(8-6-16)20-10-9-19-12-18(20)13-22(19,3)4/h5-12H,13H2,1-4H3. The van der Waals surface area contributed by atoms with Crippen molar-refractivity contribution in [2.24, 2.45) is 0 Å². The molecule has 0 amide bonds. The number of hydrogen-bond donors (Lipinski definition) is 0. The molecule has 2 bridgehead atoms. The Kier molecular flexibility index (Phi) is 4.00. The summed E-state index contributed by atoms with van der Waals surface area (Å²) in [6, 6.07) is 14.7. The van der Waals surface area contributed by atoms with Gasteiger partial charge in [0.05, 0.1) is 5.57 Å². The zero-order valence-corrected chi connectivity index (χ0v) is 14.6. The van der Waals surface area contributed by atoms with Crippen LogP contribution in [0.5, 0.6) is 0 Å². The van der Waals surface area contributed by atoms with Crippen molar-refractivity contribution in [2.45, 2.75) is 39.5 Å². The molecule has 0 spiro atoms. The minimum atomic E-state index is -0.197. The molecule has 0 unspecified atom stereocenters. The van der Waals surface area contributed by atoms with Gasteiger partial charge in [-0.05, 0) is 59.6 Å². The molecular weight excluding hydrogens is 296 g/mol. The molecule has 0 atom stereocenters. The summed E-state index contributed by atoms with van der Waals surface area (Å²) in [5, 5.41) is 0. The topological polar surface area (TPSA) is 34.1 Å². The van der Waals surface area contributed by atoms with Crippen molar-refractivity contribution >= 4 is 17.6 Å². The monoisotopic (exact) mass is 318 g/mol. The van der Waals surface area contributed by atoms with E-state index in [1.807, 2.05) is 12.1 Å². The highest BCUT2D eigenvalue weighted by Crippen LogP contribution is 2.40. The summed E-state index contributed by atoms with van der Waals surface area (Å²) in [7, 11) is 0. The molecule has 0 aliphatic heterocycles. The summed E-state index contributed by atoms with van der Waals surface area (Å²) in [4.78, 5) is 23.1. The number of rotatable bonds is 4. The summed E-state index contributed by atoms with van der Waals surface area (Å²) >= 11 is 0. The fourth-order valence-electron chi connectivity index (χ4n) is 3.40. The van der Waals surface area contributed by atoms with E-state index in [-0.39, 0.29) is 22.6 Å². The number of allylic oxidation sites excluding steroid dienone is 1. The van der Waals surface area contributed by atoms with Gasteiger partial charge in [0.1, 0.15) is 0 Å². The Balaban J connectivity index is 1.92. The van der Waals surface area contributed by atoms with Gasteiger partial charge in [0.15, 0.2) is 11.6 Å². The fourth-order valence-corrected chi connectivity index (χ4v) is 3.40. The SMILES string of the molecule is CC(=O)C(=Cc1ccc(-c2ccc3cc2CC3(C)C)cc1)C(C)=O. The second kappa shape index (κ2) is 5.86. The summed E-state index contributed by atoms with van der Waals surface area (Å²) in [6.45, 7) is 7.40.